The summed E-state index contributed by atoms with van der Waals surface area (Å²) in [4.78, 5) is 139. The van der Waals surface area contributed by atoms with Crippen LogP contribution in [0.3, 0.4) is 0 Å². The van der Waals surface area contributed by atoms with E-state index in [1.165, 1.54) is 39.0 Å². The van der Waals surface area contributed by atoms with Crippen molar-refractivity contribution < 1.29 is 57.6 Å². The molecule has 3 aliphatic carbocycles. The maximum atomic E-state index is 12.1. The van der Waals surface area contributed by atoms with Crippen molar-refractivity contribution in [3.63, 3.8) is 0 Å². The number of rotatable bonds is 32. The second-order valence-corrected chi connectivity index (χ2v) is 23.0. The zero-order valence-electron chi connectivity index (χ0n) is 50.2. The highest BCUT2D eigenvalue weighted by Gasteiger charge is 2.40. The minimum Gasteiger partial charge on any atom is -0.356 e. The van der Waals surface area contributed by atoms with E-state index in [-0.39, 0.29) is 80.9 Å². The van der Waals surface area contributed by atoms with Gasteiger partial charge >= 0.3 is 5.97 Å². The number of nitrogens with zero attached hydrogens (tertiary/aromatic N) is 4. The molecule has 5 unspecified atom stereocenters. The zero-order chi connectivity index (χ0) is 60.8. The van der Waals surface area contributed by atoms with E-state index in [1.54, 1.807) is 6.92 Å². The minimum atomic E-state index is -0.586. The van der Waals surface area contributed by atoms with Crippen LogP contribution in [0.1, 0.15) is 183 Å². The molecule has 2 saturated heterocycles. The predicted molar refractivity (Wildman–Crippen MR) is 329 cm³/mol. The van der Waals surface area contributed by atoms with Gasteiger partial charge in [0, 0.05) is 98.4 Å². The lowest BCUT2D eigenvalue weighted by Gasteiger charge is -2.26. The summed E-state index contributed by atoms with van der Waals surface area (Å²) >= 11 is 0. The molecule has 22 heteroatoms. The normalized spacial score (nSPS) is 21.7. The van der Waals surface area contributed by atoms with Gasteiger partial charge in [0.15, 0.2) is 0 Å². The number of nitrogens with one attached hydrogen (secondary N) is 6. The van der Waals surface area contributed by atoms with Gasteiger partial charge in [0.2, 0.25) is 23.6 Å². The molecular weight excluding hydrogens is 1100 g/mol. The molecule has 0 bridgehead atoms. The Bertz CT molecular complexity index is 2430. The number of hydrogen-bond acceptors (Lipinski definition) is 16. The van der Waals surface area contributed by atoms with Crippen LogP contribution in [0, 0.1) is 29.6 Å². The Morgan fingerprint density at radius 1 is 0.465 bits per heavy atom. The molecule has 86 heavy (non-hydrogen) atoms. The van der Waals surface area contributed by atoms with Crippen molar-refractivity contribution >= 4 is 65.0 Å². The third-order valence-corrected chi connectivity index (χ3v) is 16.2. The summed E-state index contributed by atoms with van der Waals surface area (Å²) in [6, 6.07) is 0. The Morgan fingerprint density at radius 2 is 0.826 bits per heavy atom. The standard InChI is InChI=1S/C22H38N4O3.C21H34N4O3.C19H22N2O6.2CH4/c1-17-16-21(28)26(22(17)29)19-10-8-18(9-11-19)6-3-7-20(27)25-15-5-14-24-13-4-12-23-2;1-22-13-3-14-23-15-4-16-24-19(26)6-2-5-17-7-9-18(10-8-17)25-20(27)11-12-21(25)28;1-12-11-17(24)21(19(12)26)27-18(25)4-2-3-13-5-7-14(8-6-13)20-15(22)9-10-16(20)23;;/h10,17-18,23-24H,3-9,11-16H2,1-2H3,(H,25,27);9,11-12,17,22-23H,2-8,10,13-16H2,1H3,(H,24,26);7,9-10,12-13H,2-6,8,11H2,1H3;2*1H4. The minimum absolute atomic E-state index is 0. The summed E-state index contributed by atoms with van der Waals surface area (Å²) in [6.45, 7) is 10.8. The van der Waals surface area contributed by atoms with Gasteiger partial charge in [-0.05, 0) is 193 Å². The van der Waals surface area contributed by atoms with Crippen LogP contribution < -0.4 is 31.9 Å². The van der Waals surface area contributed by atoms with E-state index in [1.807, 2.05) is 33.2 Å². The van der Waals surface area contributed by atoms with Crippen LogP contribution in [0.4, 0.5) is 0 Å². The molecule has 480 valence electrons. The highest BCUT2D eigenvalue weighted by atomic mass is 16.7. The van der Waals surface area contributed by atoms with Crippen LogP contribution in [0.2, 0.25) is 0 Å². The summed E-state index contributed by atoms with van der Waals surface area (Å²) in [5.41, 5.74) is 2.46. The molecule has 7 rings (SSSR count). The average Bonchev–Trinajstić information content (AvgIpc) is 3.73. The molecule has 10 amide bonds. The van der Waals surface area contributed by atoms with E-state index in [4.69, 9.17) is 4.84 Å². The second kappa shape index (κ2) is 40.1. The molecule has 6 N–H and O–H groups in total. The van der Waals surface area contributed by atoms with Crippen molar-refractivity contribution in [3.8, 4) is 0 Å². The van der Waals surface area contributed by atoms with Gasteiger partial charge < -0.3 is 36.7 Å². The molecule has 0 saturated carbocycles. The number of amides is 10. The molecular formula is C64H102N10O12. The Hall–Kier alpha value is -6.49. The summed E-state index contributed by atoms with van der Waals surface area (Å²) in [5.74, 6) is -1.67. The summed E-state index contributed by atoms with van der Waals surface area (Å²) in [7, 11) is 3.91. The fraction of sp³-hybridized carbons (Fsp3) is 0.672. The predicted octanol–water partition coefficient (Wildman–Crippen LogP) is 6.30. The number of likely N-dealkylation sites (tertiary alicyclic amines) is 1. The molecule has 22 nitrogen and oxygen atoms in total. The van der Waals surface area contributed by atoms with Crippen LogP contribution in [0.5, 0.6) is 0 Å². The zero-order valence-corrected chi connectivity index (χ0v) is 50.2. The van der Waals surface area contributed by atoms with E-state index in [0.29, 0.717) is 54.9 Å². The van der Waals surface area contributed by atoms with E-state index >= 15 is 0 Å². The lowest BCUT2D eigenvalue weighted by molar-refractivity contribution is -0.198. The van der Waals surface area contributed by atoms with Crippen molar-refractivity contribution in [2.24, 2.45) is 29.6 Å². The molecule has 0 aromatic rings. The first-order valence-electron chi connectivity index (χ1n) is 30.9. The Kier molecular flexibility index (Phi) is 34.4. The van der Waals surface area contributed by atoms with Gasteiger partial charge in [-0.3, -0.25) is 52.8 Å². The van der Waals surface area contributed by atoms with Crippen molar-refractivity contribution in [2.45, 2.75) is 183 Å². The van der Waals surface area contributed by atoms with Gasteiger partial charge in [-0.2, -0.15) is 0 Å². The molecule has 7 aliphatic rings. The maximum Gasteiger partial charge on any atom is 0.333 e. The number of hydrogen-bond donors (Lipinski definition) is 6. The van der Waals surface area contributed by atoms with Crippen LogP contribution >= 0.6 is 0 Å². The van der Waals surface area contributed by atoms with E-state index in [2.05, 4.69) is 38.0 Å². The number of imide groups is 4. The maximum absolute atomic E-state index is 12.1. The van der Waals surface area contributed by atoms with Crippen molar-refractivity contribution in [1.82, 2.24) is 51.7 Å². The van der Waals surface area contributed by atoms with Gasteiger partial charge in [-0.15, -0.1) is 5.06 Å². The fourth-order valence-electron chi connectivity index (χ4n) is 11.2. The van der Waals surface area contributed by atoms with Crippen LogP contribution in [-0.2, 0) is 57.6 Å². The van der Waals surface area contributed by atoms with E-state index < -0.39 is 23.7 Å². The summed E-state index contributed by atoms with van der Waals surface area (Å²) in [6.07, 6.45) is 29.6. The lowest BCUT2D eigenvalue weighted by Crippen LogP contribution is -2.33. The third-order valence-electron chi connectivity index (χ3n) is 16.2. The molecule has 4 aliphatic heterocycles. The monoisotopic (exact) mass is 1200 g/mol. The van der Waals surface area contributed by atoms with Gasteiger partial charge in [0.05, 0.1) is 0 Å². The van der Waals surface area contributed by atoms with Gasteiger partial charge in [-0.25, -0.2) is 14.6 Å². The quantitative estimate of drug-likeness (QED) is 0.0318. The fourth-order valence-corrected chi connectivity index (χ4v) is 11.2. The largest absolute Gasteiger partial charge is 0.356 e. The number of hydroxylamine groups is 2. The van der Waals surface area contributed by atoms with Gasteiger partial charge in [0.25, 0.3) is 35.4 Å². The van der Waals surface area contributed by atoms with Gasteiger partial charge in [0.1, 0.15) is 0 Å². The number of allylic oxidation sites excluding steroid dienone is 6. The average molecular weight is 1200 g/mol. The van der Waals surface area contributed by atoms with Gasteiger partial charge in [-0.1, -0.05) is 46.9 Å². The highest BCUT2D eigenvalue weighted by molar-refractivity contribution is 6.15. The molecule has 0 aromatic heterocycles. The van der Waals surface area contributed by atoms with Crippen molar-refractivity contribution in [1.29, 1.82) is 0 Å². The molecule has 0 aromatic carbocycles. The summed E-state index contributed by atoms with van der Waals surface area (Å²) < 4.78 is 0. The lowest BCUT2D eigenvalue weighted by atomic mass is 9.88. The molecule has 5 atom stereocenters. The molecule has 0 radical (unpaired) electrons. The Morgan fingerprint density at radius 3 is 1.16 bits per heavy atom. The highest BCUT2D eigenvalue weighted by Crippen LogP contribution is 2.35. The molecule has 4 heterocycles. The Balaban J connectivity index is 0.000000334. The van der Waals surface area contributed by atoms with Crippen LogP contribution in [-0.4, -0.2) is 151 Å². The van der Waals surface area contributed by atoms with Crippen molar-refractivity contribution in [2.75, 3.05) is 66.5 Å². The first-order chi connectivity index (χ1) is 40.5. The number of carbonyl (C=O) groups excluding carboxylic acids is 11. The smallest absolute Gasteiger partial charge is 0.333 e. The number of carbonyl (C=O) groups is 11. The summed E-state index contributed by atoms with van der Waals surface area (Å²) in [5, 5.41) is 19.5. The van der Waals surface area contributed by atoms with E-state index in [9.17, 15) is 52.7 Å². The molecule has 0 spiro atoms. The topological polar surface area (TPSA) is 282 Å². The van der Waals surface area contributed by atoms with Crippen LogP contribution in [0.25, 0.3) is 0 Å². The van der Waals surface area contributed by atoms with Crippen molar-refractivity contribution in [3.05, 3.63) is 59.6 Å². The Labute approximate surface area is 510 Å². The third kappa shape index (κ3) is 24.7. The first kappa shape index (κ1) is 73.8. The van der Waals surface area contributed by atoms with E-state index in [0.717, 1.165) is 179 Å². The SMILES string of the molecule is C.C.CC1CC(=O)N(OC(=O)CCCC2CC=C(N3C(=O)C=CC3=O)CC2)C1=O.CNCCCNCCCNC(=O)CCCC1CC=C(N2C(=O)C=CC2=O)CC1.CNCCCNCCCNC(=O)CCCC1CC=C(N2C(=O)CC(C)C2=O)CC1. The molecule has 2 fully saturated rings. The second-order valence-electron chi connectivity index (χ2n) is 23.0. The van der Waals surface area contributed by atoms with Crippen LogP contribution in [0.15, 0.2) is 59.6 Å². The first-order valence-corrected chi connectivity index (χ1v) is 30.9.